The number of carboxylic acids is 1. The summed E-state index contributed by atoms with van der Waals surface area (Å²) in [6.07, 6.45) is 4.90. The highest BCUT2D eigenvalue weighted by molar-refractivity contribution is 6.54. The van der Waals surface area contributed by atoms with Gasteiger partial charge in [-0.1, -0.05) is 18.2 Å². The van der Waals surface area contributed by atoms with Gasteiger partial charge in [-0.15, -0.1) is 0 Å². The SMILES string of the molecule is COc1cc(Cc2cnc(/N=C3\C(=O)N(CN4CCN(c5c(F)cc6c(=O)c(C(=O)O)cn(C7CC7)c6c5OC)CC4C)c4ccccc43)nc2N)cc(OC)c1OC. The molecule has 0 radical (unpaired) electrons. The molecule has 1 amide bonds. The van der Waals surface area contributed by atoms with Crippen molar-refractivity contribution >= 4 is 51.6 Å². The topological polar surface area (TPSA) is 187 Å². The zero-order valence-electron chi connectivity index (χ0n) is 33.2. The van der Waals surface area contributed by atoms with E-state index in [0.717, 1.165) is 24.5 Å². The van der Waals surface area contributed by atoms with E-state index in [1.54, 1.807) is 29.9 Å². The Morgan fingerprint density at radius 2 is 1.71 bits per heavy atom. The second-order valence-electron chi connectivity index (χ2n) is 14.7. The van der Waals surface area contributed by atoms with Crippen LogP contribution in [0.15, 0.2) is 64.6 Å². The van der Waals surface area contributed by atoms with E-state index in [0.29, 0.717) is 65.6 Å². The molecule has 2 aliphatic heterocycles. The van der Waals surface area contributed by atoms with Crippen LogP contribution >= 0.6 is 0 Å². The largest absolute Gasteiger partial charge is 0.493 e. The van der Waals surface area contributed by atoms with Gasteiger partial charge in [-0.05, 0) is 49.6 Å². The highest BCUT2D eigenvalue weighted by Crippen LogP contribution is 2.44. The van der Waals surface area contributed by atoms with E-state index in [2.05, 4.69) is 19.9 Å². The molecule has 59 heavy (non-hydrogen) atoms. The lowest BCUT2D eigenvalue weighted by Crippen LogP contribution is -2.55. The predicted molar refractivity (Wildman–Crippen MR) is 219 cm³/mol. The van der Waals surface area contributed by atoms with E-state index in [9.17, 15) is 19.5 Å². The number of aromatic nitrogens is 3. The van der Waals surface area contributed by atoms with Gasteiger partial charge in [0.2, 0.25) is 11.2 Å². The summed E-state index contributed by atoms with van der Waals surface area (Å²) in [5.41, 5.74) is 8.78. The van der Waals surface area contributed by atoms with Crippen LogP contribution in [0.25, 0.3) is 10.9 Å². The number of halogens is 1. The molecule has 1 aliphatic carbocycles. The van der Waals surface area contributed by atoms with Gasteiger partial charge in [-0.25, -0.2) is 19.2 Å². The third-order valence-electron chi connectivity index (χ3n) is 11.1. The number of pyridine rings is 1. The molecule has 1 atom stereocenters. The van der Waals surface area contributed by atoms with Gasteiger partial charge < -0.3 is 39.3 Å². The molecule has 1 saturated heterocycles. The van der Waals surface area contributed by atoms with Gasteiger partial charge in [0.25, 0.3) is 11.9 Å². The highest BCUT2D eigenvalue weighted by atomic mass is 19.1. The second kappa shape index (κ2) is 15.5. The number of para-hydroxylation sites is 1. The molecule has 3 aromatic carbocycles. The fraction of sp³-hybridized carbons (Fsp3) is 0.333. The lowest BCUT2D eigenvalue weighted by atomic mass is 10.1. The molecule has 3 N–H and O–H groups in total. The summed E-state index contributed by atoms with van der Waals surface area (Å²) in [4.78, 5) is 58.4. The molecule has 2 fully saturated rings. The number of benzene rings is 3. The number of ether oxygens (including phenoxy) is 4. The predicted octanol–water partition coefficient (Wildman–Crippen LogP) is 4.81. The number of aromatic carboxylic acids is 1. The van der Waals surface area contributed by atoms with Gasteiger partial charge in [0.15, 0.2) is 23.1 Å². The summed E-state index contributed by atoms with van der Waals surface area (Å²) < 4.78 is 40.1. The van der Waals surface area contributed by atoms with E-state index in [-0.39, 0.29) is 59.0 Å². The molecule has 5 aromatic rings. The van der Waals surface area contributed by atoms with Crippen LogP contribution in [-0.4, -0.2) is 103 Å². The van der Waals surface area contributed by atoms with Crippen molar-refractivity contribution in [3.05, 3.63) is 93.2 Å². The summed E-state index contributed by atoms with van der Waals surface area (Å²) in [5.74, 6) is -0.473. The van der Waals surface area contributed by atoms with Crippen LogP contribution in [0.1, 0.15) is 52.9 Å². The molecule has 4 heterocycles. The third-order valence-corrected chi connectivity index (χ3v) is 11.1. The van der Waals surface area contributed by atoms with E-state index in [4.69, 9.17) is 24.7 Å². The van der Waals surface area contributed by atoms with Crippen molar-refractivity contribution in [1.82, 2.24) is 19.4 Å². The van der Waals surface area contributed by atoms with Gasteiger partial charge in [-0.3, -0.25) is 19.4 Å². The first kappa shape index (κ1) is 39.1. The number of methoxy groups -OCH3 is 4. The van der Waals surface area contributed by atoms with Crippen LogP contribution in [0.2, 0.25) is 0 Å². The lowest BCUT2D eigenvalue weighted by molar-refractivity contribution is -0.112. The molecular weight excluding hydrogens is 764 g/mol. The summed E-state index contributed by atoms with van der Waals surface area (Å²) in [6, 6.07) is 12.0. The first-order chi connectivity index (χ1) is 28.5. The van der Waals surface area contributed by atoms with Crippen molar-refractivity contribution in [2.75, 3.05) is 70.3 Å². The molecule has 8 rings (SSSR count). The number of nitrogen functional groups attached to an aromatic ring is 1. The number of piperazine rings is 1. The monoisotopic (exact) mass is 806 g/mol. The second-order valence-corrected chi connectivity index (χ2v) is 14.7. The Hall–Kier alpha value is -6.75. The smallest absolute Gasteiger partial charge is 0.341 e. The molecule has 17 heteroatoms. The molecule has 3 aliphatic rings. The zero-order valence-corrected chi connectivity index (χ0v) is 33.2. The zero-order chi connectivity index (χ0) is 41.7. The normalized spacial score (nSPS) is 17.4. The van der Waals surface area contributed by atoms with Gasteiger partial charge in [0, 0.05) is 61.7 Å². The van der Waals surface area contributed by atoms with Crippen molar-refractivity contribution in [2.24, 2.45) is 4.99 Å². The maximum atomic E-state index is 16.1. The number of carbonyl (C=O) groups excluding carboxylic acids is 1. The van der Waals surface area contributed by atoms with Gasteiger partial charge in [0.1, 0.15) is 22.8 Å². The van der Waals surface area contributed by atoms with Crippen LogP contribution in [0.3, 0.4) is 0 Å². The van der Waals surface area contributed by atoms with Crippen molar-refractivity contribution in [1.29, 1.82) is 0 Å². The maximum Gasteiger partial charge on any atom is 0.341 e. The number of aliphatic imine (C=N–C) groups is 1. The Balaban J connectivity index is 1.02. The third kappa shape index (κ3) is 7.00. The fourth-order valence-electron chi connectivity index (χ4n) is 7.98. The van der Waals surface area contributed by atoms with Crippen molar-refractivity contribution in [2.45, 2.75) is 38.3 Å². The van der Waals surface area contributed by atoms with Crippen molar-refractivity contribution in [3.8, 4) is 23.0 Å². The Kier molecular flexibility index (Phi) is 10.3. The summed E-state index contributed by atoms with van der Waals surface area (Å²) in [7, 11) is 6.04. The van der Waals surface area contributed by atoms with Crippen LogP contribution in [0.4, 0.5) is 27.5 Å². The number of rotatable bonds is 12. The van der Waals surface area contributed by atoms with Crippen LogP contribution in [0, 0.1) is 5.82 Å². The number of amides is 1. The average molecular weight is 807 g/mol. The number of carbonyl (C=O) groups is 2. The standard InChI is InChI=1S/C42H43FN8O8/c1-22-19-48(35-29(43)17-27-34(38(35)59-5)50(25-10-11-25)20-28(36(27)52)41(54)55)12-13-49(22)21-51-30-9-7-6-8-26(30)33(40(51)53)46-42-45-18-24(39(44)47-42)14-23-15-31(56-2)37(58-4)32(16-23)57-3/h6-9,15-18,20,22,25H,10-14,19,21H2,1-5H3,(H,54,55)(H2,44,45,47)/b46-33-. The molecule has 16 nitrogen and oxygen atoms in total. The van der Waals surface area contributed by atoms with Crippen LogP contribution in [0.5, 0.6) is 23.0 Å². The molecule has 0 bridgehead atoms. The molecule has 2 aromatic heterocycles. The Bertz CT molecular complexity index is 2590. The minimum Gasteiger partial charge on any atom is -0.493 e. The van der Waals surface area contributed by atoms with E-state index in [1.165, 1.54) is 20.4 Å². The summed E-state index contributed by atoms with van der Waals surface area (Å²) in [6.45, 7) is 3.44. The average Bonchev–Trinajstić information content (AvgIpc) is 4.04. The molecule has 1 saturated carbocycles. The van der Waals surface area contributed by atoms with Crippen LogP contribution in [-0.2, 0) is 11.2 Å². The number of carboxylic acid groups (broad SMARTS) is 1. The first-order valence-electron chi connectivity index (χ1n) is 19.0. The maximum absolute atomic E-state index is 16.1. The molecule has 306 valence electrons. The number of hydrogen-bond donors (Lipinski definition) is 2. The Morgan fingerprint density at radius 1 is 1.00 bits per heavy atom. The summed E-state index contributed by atoms with van der Waals surface area (Å²) in [5, 5.41) is 9.67. The minimum absolute atomic E-state index is 0.0167. The number of hydrogen-bond acceptors (Lipinski definition) is 13. The number of nitrogens with two attached hydrogens (primary N) is 1. The van der Waals surface area contributed by atoms with E-state index >= 15 is 4.39 Å². The molecular formula is C42H43FN8O8. The quantitative estimate of drug-likeness (QED) is 0.175. The molecule has 0 spiro atoms. The molecule has 1 unspecified atom stereocenters. The summed E-state index contributed by atoms with van der Waals surface area (Å²) >= 11 is 0. The van der Waals surface area contributed by atoms with Crippen molar-refractivity contribution in [3.63, 3.8) is 0 Å². The van der Waals surface area contributed by atoms with Crippen LogP contribution < -0.4 is 39.9 Å². The van der Waals surface area contributed by atoms with Gasteiger partial charge in [-0.2, -0.15) is 4.98 Å². The van der Waals surface area contributed by atoms with E-state index in [1.807, 2.05) is 48.2 Å². The fourth-order valence-corrected chi connectivity index (χ4v) is 7.98. The van der Waals surface area contributed by atoms with Crippen molar-refractivity contribution < 1.29 is 38.0 Å². The Labute approximate surface area is 338 Å². The van der Waals surface area contributed by atoms with E-state index < -0.39 is 22.8 Å². The van der Waals surface area contributed by atoms with Gasteiger partial charge >= 0.3 is 5.97 Å². The van der Waals surface area contributed by atoms with Gasteiger partial charge in [0.05, 0.1) is 51.7 Å². The number of nitrogens with zero attached hydrogens (tertiary/aromatic N) is 7. The number of anilines is 3. The highest BCUT2D eigenvalue weighted by Gasteiger charge is 2.38. The lowest BCUT2D eigenvalue weighted by Gasteiger charge is -2.42. The Morgan fingerprint density at radius 3 is 2.34 bits per heavy atom. The first-order valence-corrected chi connectivity index (χ1v) is 19.0. The number of fused-ring (bicyclic) bond motifs is 2. The minimum atomic E-state index is -1.37.